The molecule has 0 spiro atoms. The number of rotatable bonds is 3. The van der Waals surface area contributed by atoms with Crippen LogP contribution in [-0.4, -0.2) is 12.3 Å². The topological polar surface area (TPSA) is 30.5 Å². The summed E-state index contributed by atoms with van der Waals surface area (Å²) in [5, 5.41) is 4.32. The van der Waals surface area contributed by atoms with Gasteiger partial charge in [0.2, 0.25) is 6.79 Å². The second-order valence-corrected chi connectivity index (χ2v) is 6.19. The first-order valence-corrected chi connectivity index (χ1v) is 7.37. The fourth-order valence-electron chi connectivity index (χ4n) is 2.95. The molecule has 0 bridgehead atoms. The Bertz CT molecular complexity index is 469. The molecular weight excluding hydrogens is 262 g/mol. The van der Waals surface area contributed by atoms with Crippen LogP contribution in [0.25, 0.3) is 0 Å². The highest BCUT2D eigenvalue weighted by molar-refractivity contribution is 6.32. The predicted molar refractivity (Wildman–Crippen MR) is 75.9 cm³/mol. The molecule has 1 aliphatic heterocycles. The molecule has 0 aromatic heterocycles. The van der Waals surface area contributed by atoms with Crippen molar-refractivity contribution in [2.45, 2.75) is 51.1 Å². The highest BCUT2D eigenvalue weighted by Crippen LogP contribution is 2.40. The summed E-state index contributed by atoms with van der Waals surface area (Å²) in [6, 6.07) is 3.99. The summed E-state index contributed by atoms with van der Waals surface area (Å²) in [7, 11) is 0. The summed E-state index contributed by atoms with van der Waals surface area (Å²) < 4.78 is 10.7. The summed E-state index contributed by atoms with van der Waals surface area (Å²) in [6.45, 7) is 3.41. The fraction of sp³-hybridized carbons (Fsp3) is 0.600. The number of fused-ring (bicyclic) bond motifs is 1. The van der Waals surface area contributed by atoms with Gasteiger partial charge in [-0.1, -0.05) is 30.9 Å². The molecule has 1 aromatic rings. The fourth-order valence-corrected chi connectivity index (χ4v) is 3.23. The summed E-state index contributed by atoms with van der Waals surface area (Å²) in [6.07, 6.45) is 6.53. The van der Waals surface area contributed by atoms with Crippen molar-refractivity contribution in [2.24, 2.45) is 0 Å². The smallest absolute Gasteiger partial charge is 0.231 e. The first-order chi connectivity index (χ1) is 9.16. The van der Waals surface area contributed by atoms with Gasteiger partial charge in [0.1, 0.15) is 0 Å². The van der Waals surface area contributed by atoms with Crippen LogP contribution in [0.15, 0.2) is 12.1 Å². The lowest BCUT2D eigenvalue weighted by atomic mass is 9.83. The van der Waals surface area contributed by atoms with Gasteiger partial charge in [0.05, 0.1) is 5.02 Å². The number of halogens is 1. The molecule has 0 unspecified atom stereocenters. The number of hydrogen-bond donors (Lipinski definition) is 1. The van der Waals surface area contributed by atoms with E-state index in [1.165, 1.54) is 32.1 Å². The van der Waals surface area contributed by atoms with Crippen LogP contribution < -0.4 is 14.8 Å². The highest BCUT2D eigenvalue weighted by atomic mass is 35.5. The Morgan fingerprint density at radius 3 is 2.79 bits per heavy atom. The number of nitrogens with one attached hydrogen (secondary N) is 1. The van der Waals surface area contributed by atoms with Crippen LogP contribution in [0.1, 0.15) is 44.6 Å². The summed E-state index contributed by atoms with van der Waals surface area (Å²) in [4.78, 5) is 0. The van der Waals surface area contributed by atoms with E-state index in [1.807, 2.05) is 12.1 Å². The Morgan fingerprint density at radius 2 is 2.00 bits per heavy atom. The van der Waals surface area contributed by atoms with Crippen molar-refractivity contribution in [3.05, 3.63) is 22.7 Å². The van der Waals surface area contributed by atoms with Crippen LogP contribution in [0.3, 0.4) is 0 Å². The average Bonchev–Trinajstić information content (AvgIpc) is 2.86. The molecule has 1 aliphatic carbocycles. The maximum atomic E-state index is 6.20. The van der Waals surface area contributed by atoms with Crippen LogP contribution >= 0.6 is 11.6 Å². The van der Waals surface area contributed by atoms with E-state index in [0.29, 0.717) is 10.8 Å². The molecule has 3 rings (SSSR count). The van der Waals surface area contributed by atoms with Crippen LogP contribution in [0.2, 0.25) is 5.02 Å². The summed E-state index contributed by atoms with van der Waals surface area (Å²) in [5.41, 5.74) is 1.42. The van der Waals surface area contributed by atoms with Crippen molar-refractivity contribution in [3.63, 3.8) is 0 Å². The minimum Gasteiger partial charge on any atom is -0.454 e. The predicted octanol–water partition coefficient (Wildman–Crippen LogP) is 3.88. The SMILES string of the molecule is CC1(NCc2cc(Cl)c3c(c2)OCO3)CCCCC1. The van der Waals surface area contributed by atoms with E-state index in [1.54, 1.807) is 0 Å². The lowest BCUT2D eigenvalue weighted by Crippen LogP contribution is -2.43. The molecule has 1 N–H and O–H groups in total. The Balaban J connectivity index is 1.68. The van der Waals surface area contributed by atoms with Gasteiger partial charge >= 0.3 is 0 Å². The molecule has 1 heterocycles. The molecule has 104 valence electrons. The normalized spacial score (nSPS) is 20.5. The van der Waals surface area contributed by atoms with Crippen molar-refractivity contribution >= 4 is 11.6 Å². The lowest BCUT2D eigenvalue weighted by molar-refractivity contribution is 0.174. The average molecular weight is 282 g/mol. The molecule has 1 aromatic carbocycles. The summed E-state index contributed by atoms with van der Waals surface area (Å²) in [5.74, 6) is 1.44. The first kappa shape index (κ1) is 13.1. The third kappa shape index (κ3) is 2.82. The molecule has 1 saturated carbocycles. The van der Waals surface area contributed by atoms with E-state index >= 15 is 0 Å². The van der Waals surface area contributed by atoms with E-state index in [0.717, 1.165) is 17.9 Å². The van der Waals surface area contributed by atoms with E-state index in [2.05, 4.69) is 12.2 Å². The second-order valence-electron chi connectivity index (χ2n) is 5.79. The largest absolute Gasteiger partial charge is 0.454 e. The monoisotopic (exact) mass is 281 g/mol. The van der Waals surface area contributed by atoms with Gasteiger partial charge in [-0.3, -0.25) is 0 Å². The Morgan fingerprint density at radius 1 is 1.21 bits per heavy atom. The molecule has 0 radical (unpaired) electrons. The number of benzene rings is 1. The van der Waals surface area contributed by atoms with Gasteiger partial charge in [0, 0.05) is 12.1 Å². The van der Waals surface area contributed by atoms with Gasteiger partial charge in [0.25, 0.3) is 0 Å². The standard InChI is InChI=1S/C15H20ClNO2/c1-15(5-3-2-4-6-15)17-9-11-7-12(16)14-13(8-11)18-10-19-14/h7-8,17H,2-6,9-10H2,1H3. The van der Waals surface area contributed by atoms with E-state index in [-0.39, 0.29) is 12.3 Å². The second kappa shape index (κ2) is 5.22. The molecule has 2 aliphatic rings. The van der Waals surface area contributed by atoms with Crippen molar-refractivity contribution in [1.29, 1.82) is 0 Å². The third-order valence-electron chi connectivity index (χ3n) is 4.16. The van der Waals surface area contributed by atoms with Crippen molar-refractivity contribution in [1.82, 2.24) is 5.32 Å². The Kier molecular flexibility index (Phi) is 3.59. The van der Waals surface area contributed by atoms with Crippen LogP contribution in [0, 0.1) is 0 Å². The zero-order chi connectivity index (χ0) is 13.3. The molecule has 4 heteroatoms. The molecule has 0 saturated heterocycles. The van der Waals surface area contributed by atoms with Gasteiger partial charge < -0.3 is 14.8 Å². The highest BCUT2D eigenvalue weighted by Gasteiger charge is 2.26. The zero-order valence-corrected chi connectivity index (χ0v) is 12.1. The summed E-state index contributed by atoms with van der Waals surface area (Å²) >= 11 is 6.20. The van der Waals surface area contributed by atoms with Crippen LogP contribution in [0.5, 0.6) is 11.5 Å². The van der Waals surface area contributed by atoms with Crippen molar-refractivity contribution in [3.8, 4) is 11.5 Å². The van der Waals surface area contributed by atoms with E-state index in [9.17, 15) is 0 Å². The zero-order valence-electron chi connectivity index (χ0n) is 11.3. The number of hydrogen-bond acceptors (Lipinski definition) is 3. The Labute approximate surface area is 119 Å². The van der Waals surface area contributed by atoms with E-state index < -0.39 is 0 Å². The van der Waals surface area contributed by atoms with Crippen molar-refractivity contribution < 1.29 is 9.47 Å². The molecule has 0 amide bonds. The Hall–Kier alpha value is -0.930. The minimum absolute atomic E-state index is 0.265. The third-order valence-corrected chi connectivity index (χ3v) is 4.44. The molecule has 0 atom stereocenters. The molecule has 1 fully saturated rings. The minimum atomic E-state index is 0.265. The molecule has 3 nitrogen and oxygen atoms in total. The van der Waals surface area contributed by atoms with Crippen molar-refractivity contribution in [2.75, 3.05) is 6.79 Å². The van der Waals surface area contributed by atoms with Gasteiger partial charge in [-0.2, -0.15) is 0 Å². The maximum absolute atomic E-state index is 6.20. The van der Waals surface area contributed by atoms with E-state index in [4.69, 9.17) is 21.1 Å². The van der Waals surface area contributed by atoms with Crippen LogP contribution in [0.4, 0.5) is 0 Å². The van der Waals surface area contributed by atoms with Crippen LogP contribution in [-0.2, 0) is 6.54 Å². The van der Waals surface area contributed by atoms with Gasteiger partial charge in [-0.05, 0) is 37.5 Å². The lowest BCUT2D eigenvalue weighted by Gasteiger charge is -2.34. The molecule has 19 heavy (non-hydrogen) atoms. The van der Waals surface area contributed by atoms with Gasteiger partial charge in [-0.15, -0.1) is 0 Å². The van der Waals surface area contributed by atoms with Gasteiger partial charge in [-0.25, -0.2) is 0 Å². The number of ether oxygens (including phenoxy) is 2. The van der Waals surface area contributed by atoms with Gasteiger partial charge in [0.15, 0.2) is 11.5 Å². The molecular formula is C15H20ClNO2. The first-order valence-electron chi connectivity index (χ1n) is 6.99. The quantitative estimate of drug-likeness (QED) is 0.912. The maximum Gasteiger partial charge on any atom is 0.231 e.